The third-order valence-electron chi connectivity index (χ3n) is 2.59. The monoisotopic (exact) mass is 292 g/mol. The predicted molar refractivity (Wildman–Crippen MR) is 70.5 cm³/mol. The maximum Gasteiger partial charge on any atom is 0.264 e. The minimum atomic E-state index is -3.97. The van der Waals surface area contributed by atoms with Crippen LogP contribution in [0.3, 0.4) is 0 Å². The van der Waals surface area contributed by atoms with E-state index in [4.69, 9.17) is 10.3 Å². The minimum Gasteiger partial charge on any atom is -0.370 e. The van der Waals surface area contributed by atoms with Crippen molar-refractivity contribution in [3.05, 3.63) is 11.9 Å². The summed E-state index contributed by atoms with van der Waals surface area (Å²) < 4.78 is 29.5. The van der Waals surface area contributed by atoms with Gasteiger partial charge in [0.15, 0.2) is 0 Å². The Morgan fingerprint density at radius 2 is 2.37 bits per heavy atom. The van der Waals surface area contributed by atoms with Crippen molar-refractivity contribution < 1.29 is 17.8 Å². The summed E-state index contributed by atoms with van der Waals surface area (Å²) >= 11 is 0. The van der Waals surface area contributed by atoms with Gasteiger partial charge in [-0.15, -0.1) is 0 Å². The van der Waals surface area contributed by atoms with E-state index in [9.17, 15) is 13.2 Å². The van der Waals surface area contributed by atoms with Crippen molar-refractivity contribution in [3.8, 4) is 0 Å². The van der Waals surface area contributed by atoms with E-state index in [0.29, 0.717) is 13.1 Å². The van der Waals surface area contributed by atoms with E-state index < -0.39 is 16.2 Å². The molecule has 0 unspecified atom stereocenters. The maximum atomic E-state index is 11.6. The molecule has 0 spiro atoms. The second-order valence-electron chi connectivity index (χ2n) is 4.49. The number of nitrogens with zero attached hydrogens (tertiary/aromatic N) is 1. The molecule has 1 amide bonds. The molecule has 0 aromatic carbocycles. The number of nitrogens with one attached hydrogen (secondary N) is 2. The van der Waals surface area contributed by atoms with Gasteiger partial charge in [0.25, 0.3) is 10.1 Å². The average Bonchev–Trinajstić information content (AvgIpc) is 2.68. The molecule has 1 heterocycles. The highest BCUT2D eigenvalue weighted by molar-refractivity contribution is 7.85. The SMILES string of the molecule is CN1C=C(C[C@H](N)C(=O)NCCCS(=O)(=O)O)NC1. The van der Waals surface area contributed by atoms with E-state index >= 15 is 0 Å². The highest BCUT2D eigenvalue weighted by Crippen LogP contribution is 2.07. The molecule has 0 saturated carbocycles. The van der Waals surface area contributed by atoms with Gasteiger partial charge in [0.2, 0.25) is 5.91 Å². The number of rotatable bonds is 7. The average molecular weight is 292 g/mol. The zero-order valence-electron chi connectivity index (χ0n) is 10.8. The van der Waals surface area contributed by atoms with Crippen LogP contribution in [0.15, 0.2) is 11.9 Å². The summed E-state index contributed by atoms with van der Waals surface area (Å²) in [7, 11) is -2.07. The molecule has 110 valence electrons. The lowest BCUT2D eigenvalue weighted by Gasteiger charge is -2.12. The van der Waals surface area contributed by atoms with Crippen LogP contribution in [0.4, 0.5) is 0 Å². The van der Waals surface area contributed by atoms with Crippen molar-refractivity contribution in [2.45, 2.75) is 18.9 Å². The molecule has 5 N–H and O–H groups in total. The van der Waals surface area contributed by atoms with Crippen LogP contribution in [0.2, 0.25) is 0 Å². The molecule has 0 bridgehead atoms. The van der Waals surface area contributed by atoms with Crippen LogP contribution in [-0.4, -0.2) is 55.8 Å². The summed E-state index contributed by atoms with van der Waals surface area (Å²) in [5.74, 6) is -0.715. The largest absolute Gasteiger partial charge is 0.370 e. The first-order chi connectivity index (χ1) is 8.78. The summed E-state index contributed by atoms with van der Waals surface area (Å²) in [6.07, 6.45) is 2.43. The molecule has 0 aromatic rings. The zero-order valence-corrected chi connectivity index (χ0v) is 11.6. The van der Waals surface area contributed by atoms with Gasteiger partial charge in [-0.05, 0) is 6.42 Å². The molecule has 0 radical (unpaired) electrons. The number of carbonyl (C=O) groups excluding carboxylic acids is 1. The van der Waals surface area contributed by atoms with E-state index in [1.807, 2.05) is 18.1 Å². The van der Waals surface area contributed by atoms with Crippen LogP contribution in [0.25, 0.3) is 0 Å². The second kappa shape index (κ2) is 6.73. The van der Waals surface area contributed by atoms with Crippen LogP contribution >= 0.6 is 0 Å². The van der Waals surface area contributed by atoms with Crippen LogP contribution < -0.4 is 16.4 Å². The van der Waals surface area contributed by atoms with Crippen molar-refractivity contribution in [3.63, 3.8) is 0 Å². The van der Waals surface area contributed by atoms with Gasteiger partial charge in [-0.3, -0.25) is 9.35 Å². The van der Waals surface area contributed by atoms with E-state index in [2.05, 4.69) is 10.6 Å². The minimum absolute atomic E-state index is 0.154. The fourth-order valence-electron chi connectivity index (χ4n) is 1.64. The molecular formula is C10H20N4O4S. The van der Waals surface area contributed by atoms with Gasteiger partial charge >= 0.3 is 0 Å². The van der Waals surface area contributed by atoms with Crippen molar-refractivity contribution >= 4 is 16.0 Å². The summed E-state index contributed by atoms with van der Waals surface area (Å²) in [6, 6.07) is -0.684. The summed E-state index contributed by atoms with van der Waals surface area (Å²) in [5.41, 5.74) is 6.62. The van der Waals surface area contributed by atoms with Crippen LogP contribution in [0.5, 0.6) is 0 Å². The van der Waals surface area contributed by atoms with Gasteiger partial charge in [0.05, 0.1) is 18.5 Å². The fraction of sp³-hybridized carbons (Fsp3) is 0.700. The van der Waals surface area contributed by atoms with Gasteiger partial charge in [0, 0.05) is 31.9 Å². The van der Waals surface area contributed by atoms with E-state index in [1.165, 1.54) is 0 Å². The van der Waals surface area contributed by atoms with Crippen LogP contribution in [0, 0.1) is 0 Å². The Morgan fingerprint density at radius 1 is 1.68 bits per heavy atom. The molecule has 0 aromatic heterocycles. The second-order valence-corrected chi connectivity index (χ2v) is 6.06. The number of nitrogens with two attached hydrogens (primary N) is 1. The first-order valence-corrected chi connectivity index (χ1v) is 7.52. The molecule has 19 heavy (non-hydrogen) atoms. The Kier molecular flexibility index (Phi) is 5.58. The lowest BCUT2D eigenvalue weighted by molar-refractivity contribution is -0.122. The Balaban J connectivity index is 2.24. The summed E-state index contributed by atoms with van der Waals surface area (Å²) in [6.45, 7) is 0.858. The Labute approximate surface area is 112 Å². The van der Waals surface area contributed by atoms with Crippen molar-refractivity contribution in [1.29, 1.82) is 0 Å². The highest BCUT2D eigenvalue weighted by Gasteiger charge is 2.17. The fourth-order valence-corrected chi connectivity index (χ4v) is 2.14. The Bertz CT molecular complexity index is 448. The van der Waals surface area contributed by atoms with E-state index in [-0.39, 0.29) is 24.6 Å². The molecular weight excluding hydrogens is 272 g/mol. The number of hydrogen-bond donors (Lipinski definition) is 4. The normalized spacial score (nSPS) is 16.8. The molecule has 1 rings (SSSR count). The molecule has 0 saturated heterocycles. The third-order valence-corrected chi connectivity index (χ3v) is 3.39. The zero-order chi connectivity index (χ0) is 14.5. The quantitative estimate of drug-likeness (QED) is 0.330. The van der Waals surface area contributed by atoms with Gasteiger partial charge in [-0.25, -0.2) is 0 Å². The summed E-state index contributed by atoms with van der Waals surface area (Å²) in [5, 5.41) is 5.63. The maximum absolute atomic E-state index is 11.6. The first kappa shape index (κ1) is 15.7. The molecule has 1 atom stereocenters. The van der Waals surface area contributed by atoms with Crippen molar-refractivity contribution in [2.24, 2.45) is 5.73 Å². The number of carbonyl (C=O) groups is 1. The van der Waals surface area contributed by atoms with Crippen molar-refractivity contribution in [2.75, 3.05) is 26.0 Å². The predicted octanol–water partition coefficient (Wildman–Crippen LogP) is -1.57. The molecule has 1 aliphatic heterocycles. The highest BCUT2D eigenvalue weighted by atomic mass is 32.2. The number of hydrogen-bond acceptors (Lipinski definition) is 6. The smallest absolute Gasteiger partial charge is 0.264 e. The number of amides is 1. The molecule has 1 aliphatic rings. The molecule has 0 fully saturated rings. The van der Waals surface area contributed by atoms with E-state index in [0.717, 1.165) is 5.70 Å². The van der Waals surface area contributed by atoms with Gasteiger partial charge < -0.3 is 21.3 Å². The summed E-state index contributed by atoms with van der Waals surface area (Å²) in [4.78, 5) is 13.6. The topological polar surface area (TPSA) is 125 Å². The molecule has 0 aliphatic carbocycles. The van der Waals surface area contributed by atoms with Gasteiger partial charge in [-0.1, -0.05) is 0 Å². The van der Waals surface area contributed by atoms with Gasteiger partial charge in [-0.2, -0.15) is 8.42 Å². The molecule has 8 nitrogen and oxygen atoms in total. The van der Waals surface area contributed by atoms with Crippen LogP contribution in [0.1, 0.15) is 12.8 Å². The van der Waals surface area contributed by atoms with Gasteiger partial charge in [0.1, 0.15) is 0 Å². The van der Waals surface area contributed by atoms with E-state index in [1.54, 1.807) is 0 Å². The first-order valence-electron chi connectivity index (χ1n) is 5.91. The lowest BCUT2D eigenvalue weighted by atomic mass is 10.1. The van der Waals surface area contributed by atoms with Crippen molar-refractivity contribution in [1.82, 2.24) is 15.5 Å². The van der Waals surface area contributed by atoms with Crippen LogP contribution in [-0.2, 0) is 14.9 Å². The Morgan fingerprint density at radius 3 is 2.89 bits per heavy atom. The third kappa shape index (κ3) is 6.41. The standard InChI is InChI=1S/C10H20N4O4S/c1-14-6-8(13-7-14)5-9(11)10(15)12-3-2-4-19(16,17)18/h6,9,13H,2-5,7,11H2,1H3,(H,12,15)(H,16,17,18)/t9-/m0/s1. The molecule has 9 heteroatoms. The Hall–Kier alpha value is -1.32. The lowest BCUT2D eigenvalue weighted by Crippen LogP contribution is -2.42.